The highest BCUT2D eigenvalue weighted by Crippen LogP contribution is 2.33. The van der Waals surface area contributed by atoms with Gasteiger partial charge >= 0.3 is 0 Å². The third-order valence-corrected chi connectivity index (χ3v) is 4.67. The van der Waals surface area contributed by atoms with E-state index in [0.717, 1.165) is 25.9 Å². The molecule has 4 nitrogen and oxygen atoms in total. The summed E-state index contributed by atoms with van der Waals surface area (Å²) in [5, 5.41) is 0. The lowest BCUT2D eigenvalue weighted by Gasteiger charge is -2.46. The number of piperazine rings is 1. The van der Waals surface area contributed by atoms with Gasteiger partial charge in [-0.25, -0.2) is 0 Å². The van der Waals surface area contributed by atoms with Crippen molar-refractivity contribution in [2.45, 2.75) is 45.7 Å². The number of anilines is 1. The predicted molar refractivity (Wildman–Crippen MR) is 79.7 cm³/mol. The quantitative estimate of drug-likeness (QED) is 0.829. The molecule has 2 fully saturated rings. The summed E-state index contributed by atoms with van der Waals surface area (Å²) in [7, 11) is 0. The van der Waals surface area contributed by atoms with Gasteiger partial charge in [0.1, 0.15) is 0 Å². The number of nitrogens with zero attached hydrogens (tertiary/aromatic N) is 3. The Morgan fingerprint density at radius 2 is 1.95 bits per heavy atom. The molecule has 0 bridgehead atoms. The van der Waals surface area contributed by atoms with Crippen LogP contribution in [0, 0.1) is 12.8 Å². The average molecular weight is 273 g/mol. The highest BCUT2D eigenvalue weighted by molar-refractivity contribution is 5.81. The summed E-state index contributed by atoms with van der Waals surface area (Å²) < 4.78 is 0. The molecule has 108 valence electrons. The molecule has 2 unspecified atom stereocenters. The molecule has 1 aromatic rings. The van der Waals surface area contributed by atoms with Crippen LogP contribution in [0.1, 0.15) is 32.3 Å². The first-order chi connectivity index (χ1) is 9.58. The second-order valence-corrected chi connectivity index (χ2v) is 6.20. The van der Waals surface area contributed by atoms with Crippen LogP contribution in [0.5, 0.6) is 0 Å². The summed E-state index contributed by atoms with van der Waals surface area (Å²) in [6.07, 6.45) is 5.98. The van der Waals surface area contributed by atoms with Gasteiger partial charge in [0.25, 0.3) is 0 Å². The van der Waals surface area contributed by atoms with Crippen LogP contribution in [-0.4, -0.2) is 41.0 Å². The van der Waals surface area contributed by atoms with E-state index in [0.29, 0.717) is 17.9 Å². The van der Waals surface area contributed by atoms with Crippen molar-refractivity contribution in [3.63, 3.8) is 0 Å². The van der Waals surface area contributed by atoms with E-state index in [1.807, 2.05) is 12.4 Å². The minimum atomic E-state index is 0.261. The molecule has 20 heavy (non-hydrogen) atoms. The number of aromatic nitrogens is 1. The van der Waals surface area contributed by atoms with Gasteiger partial charge in [-0.05, 0) is 45.2 Å². The van der Waals surface area contributed by atoms with E-state index in [9.17, 15) is 4.79 Å². The molecular weight excluding hydrogens is 250 g/mol. The second kappa shape index (κ2) is 5.08. The summed E-state index contributed by atoms with van der Waals surface area (Å²) in [5.41, 5.74) is 2.35. The van der Waals surface area contributed by atoms with Crippen LogP contribution < -0.4 is 4.90 Å². The van der Waals surface area contributed by atoms with Crippen LogP contribution >= 0.6 is 0 Å². The minimum Gasteiger partial charge on any atom is -0.364 e. The molecule has 0 N–H and O–H groups in total. The van der Waals surface area contributed by atoms with Gasteiger partial charge < -0.3 is 9.80 Å². The lowest BCUT2D eigenvalue weighted by Crippen LogP contribution is -2.59. The molecule has 1 aromatic heterocycles. The van der Waals surface area contributed by atoms with E-state index in [2.05, 4.69) is 41.6 Å². The van der Waals surface area contributed by atoms with Crippen LogP contribution in [0.25, 0.3) is 0 Å². The molecule has 2 atom stereocenters. The smallest absolute Gasteiger partial charge is 0.226 e. The molecule has 2 heterocycles. The maximum atomic E-state index is 12.3. The van der Waals surface area contributed by atoms with Crippen molar-refractivity contribution in [1.29, 1.82) is 0 Å². The summed E-state index contributed by atoms with van der Waals surface area (Å²) in [5.74, 6) is 0.684. The Morgan fingerprint density at radius 3 is 2.60 bits per heavy atom. The normalized spacial score (nSPS) is 26.8. The zero-order valence-electron chi connectivity index (χ0n) is 12.5. The number of carbonyl (C=O) groups excluding carboxylic acids is 1. The van der Waals surface area contributed by atoms with Crippen molar-refractivity contribution in [3.05, 3.63) is 24.0 Å². The Kier molecular flexibility index (Phi) is 3.40. The number of aryl methyl sites for hydroxylation is 1. The zero-order valence-corrected chi connectivity index (χ0v) is 12.5. The first kappa shape index (κ1) is 13.4. The molecule has 0 spiro atoms. The van der Waals surface area contributed by atoms with Crippen molar-refractivity contribution in [2.24, 2.45) is 5.92 Å². The Labute approximate surface area is 120 Å². The third kappa shape index (κ3) is 2.39. The molecule has 1 amide bonds. The van der Waals surface area contributed by atoms with Crippen LogP contribution in [0.15, 0.2) is 18.5 Å². The first-order valence-electron chi connectivity index (χ1n) is 7.56. The molecule has 1 aliphatic heterocycles. The fraction of sp³-hybridized carbons (Fsp3) is 0.625. The molecule has 0 aromatic carbocycles. The van der Waals surface area contributed by atoms with Gasteiger partial charge in [-0.2, -0.15) is 0 Å². The van der Waals surface area contributed by atoms with Crippen LogP contribution in [-0.2, 0) is 4.79 Å². The number of carbonyl (C=O) groups is 1. The first-order valence-corrected chi connectivity index (χ1v) is 7.56. The summed E-state index contributed by atoms with van der Waals surface area (Å²) >= 11 is 0. The highest BCUT2D eigenvalue weighted by Gasteiger charge is 2.39. The Balaban J connectivity index is 1.76. The van der Waals surface area contributed by atoms with E-state index < -0.39 is 0 Å². The molecule has 4 heteroatoms. The van der Waals surface area contributed by atoms with Gasteiger partial charge in [0.05, 0.1) is 11.9 Å². The van der Waals surface area contributed by atoms with E-state index in [1.54, 1.807) is 0 Å². The lowest BCUT2D eigenvalue weighted by molar-refractivity contribution is -0.135. The Morgan fingerprint density at radius 1 is 1.20 bits per heavy atom. The largest absolute Gasteiger partial charge is 0.364 e. The van der Waals surface area contributed by atoms with Gasteiger partial charge in [0.15, 0.2) is 0 Å². The fourth-order valence-electron chi connectivity index (χ4n) is 3.08. The van der Waals surface area contributed by atoms with E-state index in [1.165, 1.54) is 11.3 Å². The number of amides is 1. The topological polar surface area (TPSA) is 36.4 Å². The van der Waals surface area contributed by atoms with Crippen LogP contribution in [0.3, 0.4) is 0 Å². The van der Waals surface area contributed by atoms with Crippen molar-refractivity contribution < 1.29 is 4.79 Å². The van der Waals surface area contributed by atoms with Gasteiger partial charge in [0, 0.05) is 37.3 Å². The maximum Gasteiger partial charge on any atom is 0.226 e. The lowest BCUT2D eigenvalue weighted by atomic mass is 10.0. The van der Waals surface area contributed by atoms with Crippen molar-refractivity contribution in [3.8, 4) is 0 Å². The molecule has 2 aliphatic rings. The van der Waals surface area contributed by atoms with Gasteiger partial charge in [0.2, 0.25) is 5.91 Å². The number of pyridine rings is 1. The minimum absolute atomic E-state index is 0.261. The van der Waals surface area contributed by atoms with Crippen molar-refractivity contribution >= 4 is 11.6 Å². The van der Waals surface area contributed by atoms with E-state index in [4.69, 9.17) is 0 Å². The summed E-state index contributed by atoms with van der Waals surface area (Å²) in [6.45, 7) is 8.17. The molecule has 1 aliphatic carbocycles. The number of hydrogen-bond acceptors (Lipinski definition) is 3. The van der Waals surface area contributed by atoms with Crippen molar-refractivity contribution in [1.82, 2.24) is 9.88 Å². The van der Waals surface area contributed by atoms with Crippen LogP contribution in [0.4, 0.5) is 5.69 Å². The molecule has 3 rings (SSSR count). The summed E-state index contributed by atoms with van der Waals surface area (Å²) in [6, 6.07) is 2.77. The SMILES string of the molecule is Cc1cncc(N2CCN(C(=O)C3CC3)C(C)C2C)c1. The average Bonchev–Trinajstić information content (AvgIpc) is 3.25. The Hall–Kier alpha value is -1.58. The van der Waals surface area contributed by atoms with Gasteiger partial charge in [-0.15, -0.1) is 0 Å². The van der Waals surface area contributed by atoms with Gasteiger partial charge in [-0.3, -0.25) is 9.78 Å². The molecular formula is C16H23N3O. The molecule has 0 radical (unpaired) electrons. The fourth-order valence-corrected chi connectivity index (χ4v) is 3.08. The summed E-state index contributed by atoms with van der Waals surface area (Å²) in [4.78, 5) is 21.1. The predicted octanol–water partition coefficient (Wildman–Crippen LogP) is 2.23. The monoisotopic (exact) mass is 273 g/mol. The maximum absolute atomic E-state index is 12.3. The van der Waals surface area contributed by atoms with Crippen LogP contribution in [0.2, 0.25) is 0 Å². The standard InChI is InChI=1S/C16H23N3O/c1-11-8-15(10-17-9-11)18-6-7-19(13(3)12(18)2)16(20)14-4-5-14/h8-10,12-14H,4-7H2,1-3H3. The molecule has 1 saturated heterocycles. The van der Waals surface area contributed by atoms with Gasteiger partial charge in [-0.1, -0.05) is 0 Å². The number of rotatable bonds is 2. The molecule has 1 saturated carbocycles. The Bertz CT molecular complexity index is 512. The van der Waals surface area contributed by atoms with Crippen molar-refractivity contribution in [2.75, 3.05) is 18.0 Å². The van der Waals surface area contributed by atoms with E-state index >= 15 is 0 Å². The third-order valence-electron chi connectivity index (χ3n) is 4.67. The second-order valence-electron chi connectivity index (χ2n) is 6.20. The van der Waals surface area contributed by atoms with E-state index in [-0.39, 0.29) is 6.04 Å². The zero-order chi connectivity index (χ0) is 14.3. The number of hydrogen-bond donors (Lipinski definition) is 0. The highest BCUT2D eigenvalue weighted by atomic mass is 16.2.